The van der Waals surface area contributed by atoms with Gasteiger partial charge in [-0.3, -0.25) is 4.68 Å². The molecule has 0 aliphatic heterocycles. The maximum absolute atomic E-state index is 6.25. The number of anilines is 2. The molecule has 1 aromatic heterocycles. The number of halogens is 2. The minimum absolute atomic E-state index is 0.434. The van der Waals surface area contributed by atoms with Gasteiger partial charge in [0.25, 0.3) is 0 Å². The molecule has 128 valence electrons. The van der Waals surface area contributed by atoms with Crippen molar-refractivity contribution < 1.29 is 0 Å². The van der Waals surface area contributed by atoms with Crippen LogP contribution in [0.2, 0.25) is 10.0 Å². The van der Waals surface area contributed by atoms with E-state index in [1.54, 1.807) is 10.9 Å². The van der Waals surface area contributed by atoms with Crippen LogP contribution in [0.25, 0.3) is 0 Å². The van der Waals surface area contributed by atoms with Crippen LogP contribution in [-0.2, 0) is 6.54 Å². The van der Waals surface area contributed by atoms with E-state index in [-0.39, 0.29) is 0 Å². The number of thiocarbonyl (C=S) groups is 1. The summed E-state index contributed by atoms with van der Waals surface area (Å²) in [5.41, 5.74) is 3.14. The third-order valence-electron chi connectivity index (χ3n) is 3.48. The van der Waals surface area contributed by atoms with Gasteiger partial charge in [0.2, 0.25) is 0 Å². The number of nitrogens with zero attached hydrogens (tertiary/aromatic N) is 2. The zero-order valence-electron chi connectivity index (χ0n) is 13.5. The molecule has 0 unspecified atom stereocenters. The molecule has 0 fully saturated rings. The lowest BCUT2D eigenvalue weighted by Crippen LogP contribution is -2.19. The average Bonchev–Trinajstić information content (AvgIpc) is 2.89. The maximum Gasteiger partial charge on any atom is 0.176 e. The van der Waals surface area contributed by atoms with Gasteiger partial charge in [-0.05, 0) is 54.5 Å². The van der Waals surface area contributed by atoms with Crippen molar-refractivity contribution in [2.24, 2.45) is 0 Å². The Morgan fingerprint density at radius 2 is 1.88 bits per heavy atom. The molecule has 0 atom stereocenters. The molecule has 0 aliphatic carbocycles. The predicted octanol–water partition coefficient (Wildman–Crippen LogP) is 5.36. The lowest BCUT2D eigenvalue weighted by atomic mass is 10.2. The fourth-order valence-electron chi connectivity index (χ4n) is 2.33. The molecule has 0 spiro atoms. The Morgan fingerprint density at radius 1 is 1.12 bits per heavy atom. The van der Waals surface area contributed by atoms with Crippen molar-refractivity contribution in [3.05, 3.63) is 75.9 Å². The lowest BCUT2D eigenvalue weighted by Gasteiger charge is -2.09. The summed E-state index contributed by atoms with van der Waals surface area (Å²) in [5, 5.41) is 12.2. The number of nitrogens with one attached hydrogen (secondary N) is 2. The van der Waals surface area contributed by atoms with Crippen molar-refractivity contribution in [3.63, 3.8) is 0 Å². The molecule has 3 rings (SSSR count). The van der Waals surface area contributed by atoms with Crippen molar-refractivity contribution in [2.75, 3.05) is 10.6 Å². The molecule has 25 heavy (non-hydrogen) atoms. The number of hydrogen-bond donors (Lipinski definition) is 2. The van der Waals surface area contributed by atoms with Crippen LogP contribution < -0.4 is 10.6 Å². The number of rotatable bonds is 4. The van der Waals surface area contributed by atoms with Crippen molar-refractivity contribution >= 4 is 52.0 Å². The second-order valence-corrected chi connectivity index (χ2v) is 6.85. The van der Waals surface area contributed by atoms with Crippen LogP contribution in [0.4, 0.5) is 11.5 Å². The standard InChI is InChI=1S/C18H16Cl2N4S/c1-12-3-2-4-15(9-12)21-18(25)22-17-16(20)11-24(23-17)10-13-5-7-14(19)8-6-13/h2-9,11H,10H2,1H3,(H2,21,22,23,25). The minimum Gasteiger partial charge on any atom is -0.332 e. The highest BCUT2D eigenvalue weighted by atomic mass is 35.5. The molecule has 2 N–H and O–H groups in total. The predicted molar refractivity (Wildman–Crippen MR) is 109 cm³/mol. The lowest BCUT2D eigenvalue weighted by molar-refractivity contribution is 0.690. The Bertz CT molecular complexity index is 890. The van der Waals surface area contributed by atoms with Gasteiger partial charge in [0, 0.05) is 16.9 Å². The molecule has 0 saturated carbocycles. The van der Waals surface area contributed by atoms with Crippen molar-refractivity contribution in [3.8, 4) is 0 Å². The number of aromatic nitrogens is 2. The van der Waals surface area contributed by atoms with Gasteiger partial charge in [0.1, 0.15) is 5.02 Å². The van der Waals surface area contributed by atoms with Crippen molar-refractivity contribution in [1.29, 1.82) is 0 Å². The number of hydrogen-bond acceptors (Lipinski definition) is 2. The van der Waals surface area contributed by atoms with Gasteiger partial charge >= 0.3 is 0 Å². The maximum atomic E-state index is 6.25. The second-order valence-electron chi connectivity index (χ2n) is 5.60. The van der Waals surface area contributed by atoms with Gasteiger partial charge in [0.05, 0.1) is 6.54 Å². The fraction of sp³-hybridized carbons (Fsp3) is 0.111. The molecule has 0 aliphatic rings. The molecular weight excluding hydrogens is 375 g/mol. The number of aryl methyl sites for hydroxylation is 1. The van der Waals surface area contributed by atoms with E-state index in [0.29, 0.717) is 27.5 Å². The highest BCUT2D eigenvalue weighted by molar-refractivity contribution is 7.80. The van der Waals surface area contributed by atoms with Crippen LogP contribution in [0.3, 0.4) is 0 Å². The van der Waals surface area contributed by atoms with Crippen LogP contribution in [0.1, 0.15) is 11.1 Å². The second kappa shape index (κ2) is 7.87. The molecule has 4 nitrogen and oxygen atoms in total. The molecule has 0 saturated heterocycles. The highest BCUT2D eigenvalue weighted by Gasteiger charge is 2.09. The van der Waals surface area contributed by atoms with Crippen LogP contribution in [0.5, 0.6) is 0 Å². The first kappa shape index (κ1) is 17.7. The Balaban J connectivity index is 1.65. The van der Waals surface area contributed by atoms with E-state index in [9.17, 15) is 0 Å². The van der Waals surface area contributed by atoms with E-state index in [1.165, 1.54) is 0 Å². The van der Waals surface area contributed by atoms with E-state index in [0.717, 1.165) is 16.8 Å². The molecule has 0 radical (unpaired) electrons. The van der Waals surface area contributed by atoms with Gasteiger partial charge in [-0.1, -0.05) is 47.5 Å². The summed E-state index contributed by atoms with van der Waals surface area (Å²) in [6.45, 7) is 2.62. The largest absolute Gasteiger partial charge is 0.332 e. The topological polar surface area (TPSA) is 41.9 Å². The Labute approximate surface area is 161 Å². The van der Waals surface area contributed by atoms with E-state index >= 15 is 0 Å². The Morgan fingerprint density at radius 3 is 2.60 bits per heavy atom. The zero-order valence-corrected chi connectivity index (χ0v) is 15.8. The van der Waals surface area contributed by atoms with Gasteiger partial charge in [-0.15, -0.1) is 0 Å². The summed E-state index contributed by atoms with van der Waals surface area (Å²) in [7, 11) is 0. The normalized spacial score (nSPS) is 10.5. The van der Waals surface area contributed by atoms with Gasteiger partial charge in [0.15, 0.2) is 10.9 Å². The summed E-state index contributed by atoms with van der Waals surface area (Å²) in [4.78, 5) is 0. The molecule has 7 heteroatoms. The number of benzene rings is 2. The molecule has 1 heterocycles. The summed E-state index contributed by atoms with van der Waals surface area (Å²) >= 11 is 17.5. The molecular formula is C18H16Cl2N4S. The quantitative estimate of drug-likeness (QED) is 0.588. The first-order chi connectivity index (χ1) is 12.0. The smallest absolute Gasteiger partial charge is 0.176 e. The fourth-order valence-corrected chi connectivity index (χ4v) is 2.87. The third kappa shape index (κ3) is 4.95. The minimum atomic E-state index is 0.434. The summed E-state index contributed by atoms with van der Waals surface area (Å²) in [6.07, 6.45) is 1.76. The first-order valence-electron chi connectivity index (χ1n) is 7.62. The molecule has 3 aromatic rings. The van der Waals surface area contributed by atoms with Crippen molar-refractivity contribution in [1.82, 2.24) is 9.78 Å². The Hall–Kier alpha value is -2.08. The first-order valence-corrected chi connectivity index (χ1v) is 8.78. The van der Waals surface area contributed by atoms with Crippen LogP contribution >= 0.6 is 35.4 Å². The van der Waals surface area contributed by atoms with Crippen LogP contribution in [0, 0.1) is 6.92 Å². The van der Waals surface area contributed by atoms with Crippen LogP contribution in [0.15, 0.2) is 54.7 Å². The summed E-state index contributed by atoms with van der Waals surface area (Å²) in [6, 6.07) is 15.6. The van der Waals surface area contributed by atoms with Gasteiger partial charge in [-0.2, -0.15) is 5.10 Å². The monoisotopic (exact) mass is 390 g/mol. The van der Waals surface area contributed by atoms with E-state index < -0.39 is 0 Å². The van der Waals surface area contributed by atoms with Crippen molar-refractivity contribution in [2.45, 2.75) is 13.5 Å². The van der Waals surface area contributed by atoms with Gasteiger partial charge in [-0.25, -0.2) is 0 Å². The van der Waals surface area contributed by atoms with Gasteiger partial charge < -0.3 is 10.6 Å². The third-order valence-corrected chi connectivity index (χ3v) is 4.22. The zero-order chi connectivity index (χ0) is 17.8. The molecule has 0 bridgehead atoms. The van der Waals surface area contributed by atoms with E-state index in [4.69, 9.17) is 35.4 Å². The summed E-state index contributed by atoms with van der Waals surface area (Å²) < 4.78 is 1.75. The molecule has 0 amide bonds. The van der Waals surface area contributed by atoms with Crippen LogP contribution in [-0.4, -0.2) is 14.9 Å². The SMILES string of the molecule is Cc1cccc(NC(=S)Nc2nn(Cc3ccc(Cl)cc3)cc2Cl)c1. The summed E-state index contributed by atoms with van der Waals surface area (Å²) in [5.74, 6) is 0.515. The van der Waals surface area contributed by atoms with E-state index in [2.05, 4.69) is 15.7 Å². The Kier molecular flexibility index (Phi) is 5.58. The average molecular weight is 391 g/mol. The highest BCUT2D eigenvalue weighted by Crippen LogP contribution is 2.21. The van der Waals surface area contributed by atoms with E-state index in [1.807, 2.05) is 55.5 Å². The molecule has 2 aromatic carbocycles.